The summed E-state index contributed by atoms with van der Waals surface area (Å²) in [6.07, 6.45) is 11.5. The van der Waals surface area contributed by atoms with E-state index in [9.17, 15) is 4.79 Å². The highest BCUT2D eigenvalue weighted by molar-refractivity contribution is 5.81. The van der Waals surface area contributed by atoms with Crippen LogP contribution in [-0.2, 0) is 4.79 Å². The lowest BCUT2D eigenvalue weighted by Gasteiger charge is -2.59. The SMILES string of the molecule is CCCC(=O)C(CC)C12CC3CC(CC(C3)C1)C2. The Hall–Kier alpha value is -0.330. The second-order valence-corrected chi connectivity index (χ2v) is 7.46. The zero-order valence-electron chi connectivity index (χ0n) is 12.1. The van der Waals surface area contributed by atoms with E-state index in [0.29, 0.717) is 17.1 Å². The highest BCUT2D eigenvalue weighted by Gasteiger charge is 2.54. The molecule has 102 valence electrons. The van der Waals surface area contributed by atoms with Crippen LogP contribution in [0.15, 0.2) is 0 Å². The Morgan fingerprint density at radius 3 is 1.94 bits per heavy atom. The molecule has 0 N–H and O–H groups in total. The summed E-state index contributed by atoms with van der Waals surface area (Å²) in [4.78, 5) is 12.5. The van der Waals surface area contributed by atoms with Crippen LogP contribution in [0.3, 0.4) is 0 Å². The molecule has 4 saturated carbocycles. The molecule has 1 heteroatoms. The van der Waals surface area contributed by atoms with Gasteiger partial charge in [0.2, 0.25) is 0 Å². The maximum Gasteiger partial charge on any atom is 0.136 e. The van der Waals surface area contributed by atoms with E-state index in [1.165, 1.54) is 38.5 Å². The maximum absolute atomic E-state index is 12.5. The van der Waals surface area contributed by atoms with Gasteiger partial charge in [0.05, 0.1) is 0 Å². The Morgan fingerprint density at radius 1 is 1.06 bits per heavy atom. The zero-order chi connectivity index (χ0) is 12.8. The van der Waals surface area contributed by atoms with Crippen molar-refractivity contribution in [3.63, 3.8) is 0 Å². The predicted octanol–water partition coefficient (Wildman–Crippen LogP) is 4.60. The predicted molar refractivity (Wildman–Crippen MR) is 74.3 cm³/mol. The van der Waals surface area contributed by atoms with Gasteiger partial charge in [-0.3, -0.25) is 4.79 Å². The molecule has 0 amide bonds. The number of Topliss-reactive ketones (excluding diaryl/α,β-unsaturated/α-hetero) is 1. The minimum atomic E-state index is 0.394. The standard InChI is InChI=1S/C17H28O/c1-3-5-16(18)15(4-2)17-9-12-6-13(10-17)8-14(7-12)11-17/h12-15H,3-11H2,1-2H3. The van der Waals surface area contributed by atoms with Crippen LogP contribution < -0.4 is 0 Å². The van der Waals surface area contributed by atoms with Gasteiger partial charge in [-0.25, -0.2) is 0 Å². The van der Waals surface area contributed by atoms with Gasteiger partial charge in [-0.2, -0.15) is 0 Å². The van der Waals surface area contributed by atoms with E-state index in [-0.39, 0.29) is 0 Å². The summed E-state index contributed by atoms with van der Waals surface area (Å²) < 4.78 is 0. The first-order valence-electron chi connectivity index (χ1n) is 8.19. The summed E-state index contributed by atoms with van der Waals surface area (Å²) >= 11 is 0. The Bertz CT molecular complexity index is 295. The third-order valence-electron chi connectivity index (χ3n) is 6.12. The largest absolute Gasteiger partial charge is 0.299 e. The number of carbonyl (C=O) groups excluding carboxylic acids is 1. The van der Waals surface area contributed by atoms with Gasteiger partial charge in [0, 0.05) is 12.3 Å². The highest BCUT2D eigenvalue weighted by atomic mass is 16.1. The molecule has 0 aromatic rings. The first kappa shape index (κ1) is 12.7. The number of hydrogen-bond acceptors (Lipinski definition) is 1. The van der Waals surface area contributed by atoms with Gasteiger partial charge in [-0.15, -0.1) is 0 Å². The molecule has 0 aliphatic heterocycles. The van der Waals surface area contributed by atoms with Crippen LogP contribution >= 0.6 is 0 Å². The number of ketones is 1. The van der Waals surface area contributed by atoms with E-state index in [1.54, 1.807) is 0 Å². The van der Waals surface area contributed by atoms with E-state index in [2.05, 4.69) is 13.8 Å². The molecule has 0 radical (unpaired) electrons. The Balaban J connectivity index is 1.82. The summed E-state index contributed by atoms with van der Waals surface area (Å²) in [5, 5.41) is 0. The molecule has 0 aromatic heterocycles. The van der Waals surface area contributed by atoms with Gasteiger partial charge in [0.1, 0.15) is 5.78 Å². The summed E-state index contributed by atoms with van der Waals surface area (Å²) in [5.41, 5.74) is 0.440. The van der Waals surface area contributed by atoms with Gasteiger partial charge < -0.3 is 0 Å². The first-order chi connectivity index (χ1) is 8.66. The molecule has 1 atom stereocenters. The van der Waals surface area contributed by atoms with E-state index < -0.39 is 0 Å². The smallest absolute Gasteiger partial charge is 0.136 e. The summed E-state index contributed by atoms with van der Waals surface area (Å²) in [7, 11) is 0. The number of carbonyl (C=O) groups is 1. The van der Waals surface area contributed by atoms with Crippen molar-refractivity contribution < 1.29 is 4.79 Å². The van der Waals surface area contributed by atoms with Gasteiger partial charge in [-0.05, 0) is 74.5 Å². The number of hydrogen-bond donors (Lipinski definition) is 0. The summed E-state index contributed by atoms with van der Waals surface area (Å²) in [6, 6.07) is 0. The lowest BCUT2D eigenvalue weighted by molar-refractivity contribution is -0.139. The van der Waals surface area contributed by atoms with Crippen LogP contribution in [0.4, 0.5) is 0 Å². The zero-order valence-corrected chi connectivity index (χ0v) is 12.1. The van der Waals surface area contributed by atoms with Crippen molar-refractivity contribution >= 4 is 5.78 Å². The molecule has 0 aromatic carbocycles. The Kier molecular flexibility index (Phi) is 3.28. The minimum Gasteiger partial charge on any atom is -0.299 e. The summed E-state index contributed by atoms with van der Waals surface area (Å²) in [6.45, 7) is 4.39. The number of rotatable bonds is 5. The van der Waals surface area contributed by atoms with Crippen molar-refractivity contribution in [1.29, 1.82) is 0 Å². The molecule has 1 nitrogen and oxygen atoms in total. The highest BCUT2D eigenvalue weighted by Crippen LogP contribution is 2.63. The molecule has 0 spiro atoms. The van der Waals surface area contributed by atoms with Gasteiger partial charge in [0.25, 0.3) is 0 Å². The van der Waals surface area contributed by atoms with Crippen molar-refractivity contribution in [2.45, 2.75) is 71.6 Å². The normalized spacial score (nSPS) is 43.1. The van der Waals surface area contributed by atoms with Crippen molar-refractivity contribution in [2.24, 2.45) is 29.1 Å². The van der Waals surface area contributed by atoms with Crippen LogP contribution in [0.2, 0.25) is 0 Å². The molecule has 4 aliphatic carbocycles. The summed E-state index contributed by atoms with van der Waals surface area (Å²) in [5.74, 6) is 3.90. The monoisotopic (exact) mass is 248 g/mol. The first-order valence-corrected chi connectivity index (χ1v) is 8.19. The fourth-order valence-electron chi connectivity index (χ4n) is 6.03. The molecule has 0 heterocycles. The molecular weight excluding hydrogens is 220 g/mol. The minimum absolute atomic E-state index is 0.394. The molecule has 4 rings (SSSR count). The van der Waals surface area contributed by atoms with Gasteiger partial charge >= 0.3 is 0 Å². The van der Waals surface area contributed by atoms with Gasteiger partial charge in [-0.1, -0.05) is 13.8 Å². The molecular formula is C17H28O. The molecule has 18 heavy (non-hydrogen) atoms. The van der Waals surface area contributed by atoms with Crippen molar-refractivity contribution in [3.05, 3.63) is 0 Å². The van der Waals surface area contributed by atoms with E-state index in [4.69, 9.17) is 0 Å². The van der Waals surface area contributed by atoms with Crippen LogP contribution in [0, 0.1) is 29.1 Å². The maximum atomic E-state index is 12.5. The van der Waals surface area contributed by atoms with Crippen molar-refractivity contribution in [3.8, 4) is 0 Å². The third-order valence-corrected chi connectivity index (χ3v) is 6.12. The average Bonchev–Trinajstić information content (AvgIpc) is 2.27. The Morgan fingerprint density at radius 2 is 1.56 bits per heavy atom. The van der Waals surface area contributed by atoms with Crippen molar-refractivity contribution in [2.75, 3.05) is 0 Å². The topological polar surface area (TPSA) is 17.1 Å². The second-order valence-electron chi connectivity index (χ2n) is 7.46. The lowest BCUT2D eigenvalue weighted by Crippen LogP contribution is -2.51. The molecule has 4 bridgehead atoms. The fraction of sp³-hybridized carbons (Fsp3) is 0.941. The third kappa shape index (κ3) is 1.94. The van der Waals surface area contributed by atoms with Crippen LogP contribution in [0.5, 0.6) is 0 Å². The second kappa shape index (κ2) is 4.65. The molecule has 4 fully saturated rings. The fourth-order valence-corrected chi connectivity index (χ4v) is 6.03. The van der Waals surface area contributed by atoms with Crippen LogP contribution in [0.1, 0.15) is 71.6 Å². The molecule has 1 unspecified atom stereocenters. The Labute approximate surface area is 112 Å². The van der Waals surface area contributed by atoms with Crippen LogP contribution in [0.25, 0.3) is 0 Å². The van der Waals surface area contributed by atoms with E-state index in [1.807, 2.05) is 0 Å². The quantitative estimate of drug-likeness (QED) is 0.695. The molecule has 0 saturated heterocycles. The van der Waals surface area contributed by atoms with E-state index in [0.717, 1.165) is 37.0 Å². The van der Waals surface area contributed by atoms with Crippen LogP contribution in [-0.4, -0.2) is 5.78 Å². The lowest BCUT2D eigenvalue weighted by atomic mass is 9.45. The average molecular weight is 248 g/mol. The van der Waals surface area contributed by atoms with Crippen molar-refractivity contribution in [1.82, 2.24) is 0 Å². The van der Waals surface area contributed by atoms with E-state index >= 15 is 0 Å². The molecule has 4 aliphatic rings. The van der Waals surface area contributed by atoms with Gasteiger partial charge in [0.15, 0.2) is 0 Å².